The number of carbonyl (C=O) groups is 2. The first-order valence-corrected chi connectivity index (χ1v) is 5.51. The highest BCUT2D eigenvalue weighted by molar-refractivity contribution is 6.09. The molecule has 0 fully saturated rings. The van der Waals surface area contributed by atoms with Crippen LogP contribution in [0.25, 0.3) is 0 Å². The van der Waals surface area contributed by atoms with E-state index in [4.69, 9.17) is 4.74 Å². The van der Waals surface area contributed by atoms with Crippen LogP contribution in [0.15, 0.2) is 24.3 Å². The molecule has 0 aliphatic carbocycles. The van der Waals surface area contributed by atoms with Gasteiger partial charge in [0, 0.05) is 12.7 Å². The third-order valence-corrected chi connectivity index (χ3v) is 2.65. The van der Waals surface area contributed by atoms with E-state index >= 15 is 0 Å². The van der Waals surface area contributed by atoms with Crippen molar-refractivity contribution >= 4 is 11.6 Å². The van der Waals surface area contributed by atoms with Crippen molar-refractivity contribution in [2.24, 2.45) is 0 Å². The quantitative estimate of drug-likeness (QED) is 0.612. The fraction of sp³-hybridized carbons (Fsp3) is 0.385. The summed E-state index contributed by atoms with van der Waals surface area (Å²) in [6.07, 6.45) is -5.74. The molecule has 3 nitrogen and oxygen atoms in total. The highest BCUT2D eigenvalue weighted by Gasteiger charge is 2.31. The molecule has 0 saturated carbocycles. The van der Waals surface area contributed by atoms with Gasteiger partial charge in [-0.3, -0.25) is 9.59 Å². The average molecular weight is 274 g/mol. The zero-order valence-electron chi connectivity index (χ0n) is 10.5. The molecule has 104 valence electrons. The van der Waals surface area contributed by atoms with Crippen molar-refractivity contribution in [1.29, 1.82) is 0 Å². The van der Waals surface area contributed by atoms with Crippen LogP contribution in [0.2, 0.25) is 0 Å². The predicted molar refractivity (Wildman–Crippen MR) is 61.9 cm³/mol. The smallest absolute Gasteiger partial charge is 0.374 e. The number of rotatable bonds is 5. The molecule has 0 aromatic heterocycles. The molecular weight excluding hydrogens is 261 g/mol. The van der Waals surface area contributed by atoms with Crippen molar-refractivity contribution in [2.75, 3.05) is 7.11 Å². The van der Waals surface area contributed by atoms with Crippen LogP contribution in [0.3, 0.4) is 0 Å². The summed E-state index contributed by atoms with van der Waals surface area (Å²) in [7, 11) is 1.32. The van der Waals surface area contributed by atoms with Gasteiger partial charge in [-0.05, 0) is 19.1 Å². The summed E-state index contributed by atoms with van der Waals surface area (Å²) >= 11 is 0. The number of ketones is 2. The molecule has 1 unspecified atom stereocenters. The van der Waals surface area contributed by atoms with Crippen LogP contribution < -0.4 is 0 Å². The lowest BCUT2D eigenvalue weighted by Crippen LogP contribution is -2.22. The molecule has 0 amide bonds. The number of alkyl halides is 3. The van der Waals surface area contributed by atoms with Crippen LogP contribution in [-0.2, 0) is 15.7 Å². The van der Waals surface area contributed by atoms with Gasteiger partial charge >= 0.3 is 6.18 Å². The Morgan fingerprint density at radius 1 is 1.32 bits per heavy atom. The molecule has 0 bridgehead atoms. The number of methoxy groups -OCH3 is 1. The molecular formula is C13H13F3O3. The molecule has 0 aliphatic heterocycles. The molecule has 1 aromatic carbocycles. The molecule has 0 spiro atoms. The molecule has 6 heteroatoms. The monoisotopic (exact) mass is 274 g/mol. The third kappa shape index (κ3) is 4.17. The van der Waals surface area contributed by atoms with Crippen LogP contribution >= 0.6 is 0 Å². The Kier molecular flexibility index (Phi) is 4.83. The minimum Gasteiger partial charge on any atom is -0.374 e. The number of Topliss-reactive ketones (excluding diaryl/α,β-unsaturated/α-hetero) is 2. The minimum absolute atomic E-state index is 0.133. The molecule has 0 aliphatic rings. The second-order valence-corrected chi connectivity index (χ2v) is 4.02. The summed E-state index contributed by atoms with van der Waals surface area (Å²) in [6, 6.07) is 4.01. The fourth-order valence-electron chi connectivity index (χ4n) is 1.40. The van der Waals surface area contributed by atoms with E-state index in [1.807, 2.05) is 0 Å². The number of halogens is 3. The maximum Gasteiger partial charge on any atom is 0.416 e. The summed E-state index contributed by atoms with van der Waals surface area (Å²) in [6.45, 7) is 1.47. The van der Waals surface area contributed by atoms with E-state index in [1.54, 1.807) is 0 Å². The average Bonchev–Trinajstić information content (AvgIpc) is 2.36. The molecule has 0 radical (unpaired) electrons. The van der Waals surface area contributed by atoms with E-state index in [2.05, 4.69) is 0 Å². The van der Waals surface area contributed by atoms with Gasteiger partial charge in [-0.15, -0.1) is 0 Å². The van der Waals surface area contributed by atoms with Crippen LogP contribution in [-0.4, -0.2) is 24.8 Å². The van der Waals surface area contributed by atoms with E-state index in [-0.39, 0.29) is 5.56 Å². The Labute approximate surface area is 108 Å². The molecule has 0 N–H and O–H groups in total. The molecule has 0 saturated heterocycles. The number of hydrogen-bond acceptors (Lipinski definition) is 3. The summed E-state index contributed by atoms with van der Waals surface area (Å²) in [5.41, 5.74) is -1.04. The zero-order valence-corrected chi connectivity index (χ0v) is 10.5. The number of ether oxygens (including phenoxy) is 1. The van der Waals surface area contributed by atoms with Gasteiger partial charge in [0.1, 0.15) is 6.10 Å². The number of carbonyl (C=O) groups excluding carboxylic acids is 2. The molecule has 1 rings (SSSR count). The summed E-state index contributed by atoms with van der Waals surface area (Å²) in [5, 5.41) is 0. The number of benzene rings is 1. The highest BCUT2D eigenvalue weighted by atomic mass is 19.4. The largest absolute Gasteiger partial charge is 0.416 e. The maximum atomic E-state index is 12.5. The summed E-state index contributed by atoms with van der Waals surface area (Å²) < 4.78 is 42.2. The third-order valence-electron chi connectivity index (χ3n) is 2.65. The zero-order chi connectivity index (χ0) is 14.6. The predicted octanol–water partition coefficient (Wildman–Crippen LogP) is 2.88. The molecule has 1 aromatic rings. The standard InChI is InChI=1S/C13H13F3O3/c1-8(19-2)11(17)7-12(18)9-4-3-5-10(6-9)13(14,15)16/h3-6,8H,7H2,1-2H3. The van der Waals surface area contributed by atoms with Crippen molar-refractivity contribution in [2.45, 2.75) is 25.6 Å². The SMILES string of the molecule is COC(C)C(=O)CC(=O)c1cccc(C(F)(F)F)c1. The first-order valence-electron chi connectivity index (χ1n) is 5.51. The molecule has 1 atom stereocenters. The second-order valence-electron chi connectivity index (χ2n) is 4.02. The Morgan fingerprint density at radius 3 is 2.47 bits per heavy atom. The Bertz CT molecular complexity index is 480. The van der Waals surface area contributed by atoms with E-state index in [0.29, 0.717) is 0 Å². The lowest BCUT2D eigenvalue weighted by Gasteiger charge is -2.09. The van der Waals surface area contributed by atoms with Crippen LogP contribution in [0, 0.1) is 0 Å². The first kappa shape index (κ1) is 15.4. The second kappa shape index (κ2) is 5.97. The first-order chi connectivity index (χ1) is 8.75. The van der Waals surface area contributed by atoms with Gasteiger partial charge in [-0.2, -0.15) is 13.2 Å². The van der Waals surface area contributed by atoms with Crippen LogP contribution in [0.5, 0.6) is 0 Å². The van der Waals surface area contributed by atoms with Gasteiger partial charge in [0.25, 0.3) is 0 Å². The minimum atomic E-state index is -4.51. The number of hydrogen-bond donors (Lipinski definition) is 0. The van der Waals surface area contributed by atoms with Gasteiger partial charge in [-0.1, -0.05) is 12.1 Å². The summed E-state index contributed by atoms with van der Waals surface area (Å²) in [4.78, 5) is 23.2. The molecule has 19 heavy (non-hydrogen) atoms. The van der Waals surface area contributed by atoms with Gasteiger partial charge < -0.3 is 4.74 Å². The van der Waals surface area contributed by atoms with E-state index in [9.17, 15) is 22.8 Å². The topological polar surface area (TPSA) is 43.4 Å². The van der Waals surface area contributed by atoms with E-state index in [0.717, 1.165) is 18.2 Å². The Morgan fingerprint density at radius 2 is 1.95 bits per heavy atom. The normalized spacial score (nSPS) is 13.1. The van der Waals surface area contributed by atoms with Gasteiger partial charge in [-0.25, -0.2) is 0 Å². The van der Waals surface area contributed by atoms with Crippen molar-refractivity contribution in [3.05, 3.63) is 35.4 Å². The van der Waals surface area contributed by atoms with E-state index < -0.39 is 35.8 Å². The maximum absolute atomic E-state index is 12.5. The fourth-order valence-corrected chi connectivity index (χ4v) is 1.40. The Hall–Kier alpha value is -1.69. The molecule has 0 heterocycles. The van der Waals surface area contributed by atoms with Crippen LogP contribution in [0.4, 0.5) is 13.2 Å². The van der Waals surface area contributed by atoms with Gasteiger partial charge in [0.05, 0.1) is 12.0 Å². The lowest BCUT2D eigenvalue weighted by atomic mass is 10.0. The summed E-state index contributed by atoms with van der Waals surface area (Å²) in [5.74, 6) is -1.12. The van der Waals surface area contributed by atoms with Crippen molar-refractivity contribution in [3.63, 3.8) is 0 Å². The Balaban J connectivity index is 2.87. The van der Waals surface area contributed by atoms with Crippen LogP contribution in [0.1, 0.15) is 29.3 Å². The lowest BCUT2D eigenvalue weighted by molar-refractivity contribution is -0.137. The van der Waals surface area contributed by atoms with Crippen molar-refractivity contribution in [1.82, 2.24) is 0 Å². The van der Waals surface area contributed by atoms with E-state index in [1.165, 1.54) is 20.1 Å². The van der Waals surface area contributed by atoms with Crippen molar-refractivity contribution < 1.29 is 27.5 Å². The highest BCUT2D eigenvalue weighted by Crippen LogP contribution is 2.29. The van der Waals surface area contributed by atoms with Crippen molar-refractivity contribution in [3.8, 4) is 0 Å². The van der Waals surface area contributed by atoms with Gasteiger partial charge in [0.2, 0.25) is 0 Å². The van der Waals surface area contributed by atoms with Gasteiger partial charge in [0.15, 0.2) is 11.6 Å².